The summed E-state index contributed by atoms with van der Waals surface area (Å²) in [5, 5.41) is 24.5. The summed E-state index contributed by atoms with van der Waals surface area (Å²) in [6.07, 6.45) is -0.957. The van der Waals surface area contributed by atoms with Gasteiger partial charge in [0.05, 0.1) is 13.2 Å². The number of phenolic OH excluding ortho intramolecular Hbond substituents is 1. The SMILES string of the molecule is O=C(NCCNC[C@H](O)COc1cc(F)c(O)cc1F)N1CCOCC1. The highest BCUT2D eigenvalue weighted by atomic mass is 19.1. The second-order valence-corrected chi connectivity index (χ2v) is 5.73. The number of hydrogen-bond acceptors (Lipinski definition) is 6. The Kier molecular flexibility index (Phi) is 7.82. The molecule has 1 aromatic rings. The number of nitrogens with one attached hydrogen (secondary N) is 2. The number of urea groups is 1. The average Bonchev–Trinajstić information content (AvgIpc) is 2.64. The molecule has 8 nitrogen and oxygen atoms in total. The number of aromatic hydroxyl groups is 1. The van der Waals surface area contributed by atoms with Crippen LogP contribution in [0.5, 0.6) is 11.5 Å². The summed E-state index contributed by atoms with van der Waals surface area (Å²) in [6, 6.07) is 1.15. The first kappa shape index (κ1) is 20.1. The summed E-state index contributed by atoms with van der Waals surface area (Å²) >= 11 is 0. The molecule has 2 rings (SSSR count). The zero-order valence-electron chi connectivity index (χ0n) is 14.2. The first-order chi connectivity index (χ1) is 12.5. The molecule has 0 bridgehead atoms. The Bertz CT molecular complexity index is 599. The van der Waals surface area contributed by atoms with Crippen molar-refractivity contribution >= 4 is 6.03 Å². The monoisotopic (exact) mass is 375 g/mol. The van der Waals surface area contributed by atoms with Gasteiger partial charge in [0.1, 0.15) is 12.7 Å². The van der Waals surface area contributed by atoms with Crippen molar-refractivity contribution in [3.05, 3.63) is 23.8 Å². The minimum Gasteiger partial charge on any atom is -0.505 e. The van der Waals surface area contributed by atoms with Crippen LogP contribution in [0.25, 0.3) is 0 Å². The third-order valence-corrected chi connectivity index (χ3v) is 3.69. The van der Waals surface area contributed by atoms with Crippen molar-refractivity contribution in [2.45, 2.75) is 6.10 Å². The van der Waals surface area contributed by atoms with E-state index in [1.54, 1.807) is 4.90 Å². The van der Waals surface area contributed by atoms with Crippen molar-refractivity contribution in [1.82, 2.24) is 15.5 Å². The maximum absolute atomic E-state index is 13.5. The highest BCUT2D eigenvalue weighted by molar-refractivity contribution is 5.74. The van der Waals surface area contributed by atoms with E-state index in [1.165, 1.54) is 0 Å². The molecular weight excluding hydrogens is 352 g/mol. The number of nitrogens with zero attached hydrogens (tertiary/aromatic N) is 1. The first-order valence-electron chi connectivity index (χ1n) is 8.27. The molecule has 1 fully saturated rings. The lowest BCUT2D eigenvalue weighted by atomic mass is 10.3. The fourth-order valence-electron chi connectivity index (χ4n) is 2.28. The third-order valence-electron chi connectivity index (χ3n) is 3.69. The van der Waals surface area contributed by atoms with Crippen LogP contribution in [0.4, 0.5) is 13.6 Å². The smallest absolute Gasteiger partial charge is 0.317 e. The highest BCUT2D eigenvalue weighted by Gasteiger charge is 2.16. The number of ether oxygens (including phenoxy) is 2. The zero-order valence-corrected chi connectivity index (χ0v) is 14.2. The molecule has 1 aliphatic heterocycles. The fourth-order valence-corrected chi connectivity index (χ4v) is 2.28. The normalized spacial score (nSPS) is 15.6. The number of aliphatic hydroxyl groups is 1. The molecule has 0 unspecified atom stereocenters. The third kappa shape index (κ3) is 6.28. The minimum atomic E-state index is -1.01. The molecule has 0 aliphatic carbocycles. The van der Waals surface area contributed by atoms with Crippen molar-refractivity contribution in [2.24, 2.45) is 0 Å². The summed E-state index contributed by atoms with van der Waals surface area (Å²) in [6.45, 7) is 2.88. The van der Waals surface area contributed by atoms with E-state index in [9.17, 15) is 18.7 Å². The number of benzene rings is 1. The topological polar surface area (TPSA) is 103 Å². The lowest BCUT2D eigenvalue weighted by Gasteiger charge is -2.27. The van der Waals surface area contributed by atoms with Crippen molar-refractivity contribution in [1.29, 1.82) is 0 Å². The second-order valence-electron chi connectivity index (χ2n) is 5.73. The summed E-state index contributed by atoms with van der Waals surface area (Å²) < 4.78 is 36.8. The van der Waals surface area contributed by atoms with E-state index in [0.29, 0.717) is 51.5 Å². The largest absolute Gasteiger partial charge is 0.505 e. The molecule has 4 N–H and O–H groups in total. The van der Waals surface area contributed by atoms with Crippen LogP contribution in [0.3, 0.4) is 0 Å². The van der Waals surface area contributed by atoms with Crippen LogP contribution in [-0.4, -0.2) is 79.8 Å². The van der Waals surface area contributed by atoms with Gasteiger partial charge in [-0.15, -0.1) is 0 Å². The molecule has 1 saturated heterocycles. The number of rotatable bonds is 8. The minimum absolute atomic E-state index is 0.148. The number of carbonyl (C=O) groups excluding carboxylic acids is 1. The molecule has 0 spiro atoms. The summed E-state index contributed by atoms with van der Waals surface area (Å²) in [7, 11) is 0. The maximum atomic E-state index is 13.5. The van der Waals surface area contributed by atoms with E-state index in [0.717, 1.165) is 0 Å². The molecule has 1 atom stereocenters. The van der Waals surface area contributed by atoms with Gasteiger partial charge in [-0.1, -0.05) is 0 Å². The molecular formula is C16H23F2N3O5. The number of amides is 2. The molecule has 2 amide bonds. The Labute approximate surface area is 149 Å². The van der Waals surface area contributed by atoms with Crippen molar-refractivity contribution in [2.75, 3.05) is 52.5 Å². The van der Waals surface area contributed by atoms with Gasteiger partial charge in [0.2, 0.25) is 0 Å². The van der Waals surface area contributed by atoms with Gasteiger partial charge in [0.15, 0.2) is 23.1 Å². The standard InChI is InChI=1S/C16H23F2N3O5/c17-12-8-15(13(18)7-14(12)23)26-10-11(22)9-19-1-2-20-16(24)21-3-5-25-6-4-21/h7-8,11,19,22-23H,1-6,9-10H2,(H,20,24)/t11-/m0/s1. The molecule has 0 saturated carbocycles. The van der Waals surface area contributed by atoms with Crippen molar-refractivity contribution in [3.8, 4) is 11.5 Å². The lowest BCUT2D eigenvalue weighted by molar-refractivity contribution is 0.0532. The highest BCUT2D eigenvalue weighted by Crippen LogP contribution is 2.25. The van der Waals surface area contributed by atoms with Gasteiger partial charge < -0.3 is 35.2 Å². The van der Waals surface area contributed by atoms with E-state index < -0.39 is 29.2 Å². The van der Waals surface area contributed by atoms with Gasteiger partial charge in [-0.2, -0.15) is 0 Å². The van der Waals surface area contributed by atoms with Crippen LogP contribution in [-0.2, 0) is 4.74 Å². The van der Waals surface area contributed by atoms with E-state index in [-0.39, 0.29) is 19.2 Å². The fraction of sp³-hybridized carbons (Fsp3) is 0.562. The predicted octanol–water partition coefficient (Wildman–Crippen LogP) is 0.0415. The Balaban J connectivity index is 1.58. The van der Waals surface area contributed by atoms with Gasteiger partial charge in [0.25, 0.3) is 0 Å². The predicted molar refractivity (Wildman–Crippen MR) is 88.2 cm³/mol. The zero-order chi connectivity index (χ0) is 18.9. The molecule has 1 aliphatic rings. The van der Waals surface area contributed by atoms with E-state index in [1.807, 2.05) is 0 Å². The molecule has 0 radical (unpaired) electrons. The Hall–Kier alpha value is -2.17. The Morgan fingerprint density at radius 2 is 2.00 bits per heavy atom. The average molecular weight is 375 g/mol. The van der Waals surface area contributed by atoms with Gasteiger partial charge in [0, 0.05) is 44.9 Å². The molecule has 26 heavy (non-hydrogen) atoms. The van der Waals surface area contributed by atoms with Crippen LogP contribution in [0, 0.1) is 11.6 Å². The molecule has 1 heterocycles. The summed E-state index contributed by atoms with van der Waals surface area (Å²) in [5.41, 5.74) is 0. The number of aliphatic hydroxyl groups excluding tert-OH is 1. The van der Waals surface area contributed by atoms with Crippen LogP contribution < -0.4 is 15.4 Å². The van der Waals surface area contributed by atoms with E-state index in [4.69, 9.17) is 14.6 Å². The van der Waals surface area contributed by atoms with Gasteiger partial charge >= 0.3 is 6.03 Å². The summed E-state index contributed by atoms with van der Waals surface area (Å²) in [5.74, 6) is -3.13. The number of halogens is 2. The van der Waals surface area contributed by atoms with Crippen molar-refractivity contribution < 1.29 is 33.3 Å². The molecule has 146 valence electrons. The van der Waals surface area contributed by atoms with Crippen LogP contribution >= 0.6 is 0 Å². The van der Waals surface area contributed by atoms with Gasteiger partial charge in [-0.3, -0.25) is 0 Å². The number of morpholine rings is 1. The molecule has 1 aromatic carbocycles. The first-order valence-corrected chi connectivity index (χ1v) is 8.27. The van der Waals surface area contributed by atoms with Gasteiger partial charge in [-0.25, -0.2) is 13.6 Å². The molecule has 10 heteroatoms. The number of phenols is 1. The van der Waals surface area contributed by atoms with Crippen LogP contribution in [0.2, 0.25) is 0 Å². The number of hydrogen-bond donors (Lipinski definition) is 4. The van der Waals surface area contributed by atoms with Crippen LogP contribution in [0.15, 0.2) is 12.1 Å². The van der Waals surface area contributed by atoms with Crippen LogP contribution in [0.1, 0.15) is 0 Å². The Morgan fingerprint density at radius 1 is 1.27 bits per heavy atom. The number of carbonyl (C=O) groups is 1. The quantitative estimate of drug-likeness (QED) is 0.479. The van der Waals surface area contributed by atoms with E-state index >= 15 is 0 Å². The van der Waals surface area contributed by atoms with E-state index in [2.05, 4.69) is 10.6 Å². The Morgan fingerprint density at radius 3 is 2.73 bits per heavy atom. The summed E-state index contributed by atoms with van der Waals surface area (Å²) in [4.78, 5) is 13.5. The maximum Gasteiger partial charge on any atom is 0.317 e. The van der Waals surface area contributed by atoms with Crippen molar-refractivity contribution in [3.63, 3.8) is 0 Å². The lowest BCUT2D eigenvalue weighted by Crippen LogP contribution is -2.47. The van der Waals surface area contributed by atoms with Gasteiger partial charge in [-0.05, 0) is 0 Å². The molecule has 0 aromatic heterocycles. The second kappa shape index (κ2) is 10.1.